The van der Waals surface area contributed by atoms with Crippen LogP contribution >= 0.6 is 0 Å². The predicted octanol–water partition coefficient (Wildman–Crippen LogP) is 3.97. The van der Waals surface area contributed by atoms with E-state index in [-0.39, 0.29) is 23.2 Å². The van der Waals surface area contributed by atoms with Crippen molar-refractivity contribution in [3.05, 3.63) is 63.3 Å². The van der Waals surface area contributed by atoms with E-state index in [1.54, 1.807) is 17.7 Å². The van der Waals surface area contributed by atoms with Gasteiger partial charge >= 0.3 is 0 Å². The van der Waals surface area contributed by atoms with Gasteiger partial charge in [0.1, 0.15) is 5.82 Å². The van der Waals surface area contributed by atoms with Crippen molar-refractivity contribution in [2.75, 3.05) is 25.5 Å². The van der Waals surface area contributed by atoms with Gasteiger partial charge in [0.05, 0.1) is 22.9 Å². The molecule has 0 unspecified atom stereocenters. The summed E-state index contributed by atoms with van der Waals surface area (Å²) >= 11 is 0. The van der Waals surface area contributed by atoms with Crippen LogP contribution in [0.25, 0.3) is 0 Å². The Morgan fingerprint density at radius 3 is 2.44 bits per heavy atom. The highest BCUT2D eigenvalue weighted by atomic mass is 19.3. The number of nitrogens with one attached hydrogen (secondary N) is 2. The van der Waals surface area contributed by atoms with E-state index in [1.165, 1.54) is 18.2 Å². The Morgan fingerprint density at radius 2 is 1.82 bits per heavy atom. The number of piperidine rings is 1. The van der Waals surface area contributed by atoms with Crippen molar-refractivity contribution in [3.63, 3.8) is 0 Å². The van der Waals surface area contributed by atoms with Gasteiger partial charge in [0, 0.05) is 43.0 Å². The normalized spacial score (nSPS) is 28.5. The minimum absolute atomic E-state index is 0.00967. The van der Waals surface area contributed by atoms with Crippen LogP contribution in [-0.2, 0) is 0 Å². The van der Waals surface area contributed by atoms with Gasteiger partial charge in [0.25, 0.3) is 17.9 Å². The van der Waals surface area contributed by atoms with Crippen molar-refractivity contribution in [2.45, 2.75) is 44.8 Å². The van der Waals surface area contributed by atoms with Gasteiger partial charge in [0.2, 0.25) is 0 Å². The molecule has 1 aliphatic heterocycles. The lowest BCUT2D eigenvalue weighted by Gasteiger charge is -2.20. The molecule has 1 saturated heterocycles. The molecular formula is C25H29F3N4O2. The molecule has 2 N–H and O–H groups in total. The maximum atomic E-state index is 14.6. The number of carbonyl (C=O) groups is 1. The first-order chi connectivity index (χ1) is 16.2. The van der Waals surface area contributed by atoms with Crippen molar-refractivity contribution >= 4 is 11.6 Å². The molecule has 34 heavy (non-hydrogen) atoms. The van der Waals surface area contributed by atoms with Crippen LogP contribution in [-0.4, -0.2) is 41.6 Å². The molecule has 5 rings (SSSR count). The summed E-state index contributed by atoms with van der Waals surface area (Å²) in [4.78, 5) is 28.4. The van der Waals surface area contributed by atoms with Gasteiger partial charge in [-0.2, -0.15) is 0 Å². The van der Waals surface area contributed by atoms with Gasteiger partial charge in [0.15, 0.2) is 0 Å². The van der Waals surface area contributed by atoms with E-state index in [9.17, 15) is 22.8 Å². The molecule has 0 bridgehead atoms. The maximum absolute atomic E-state index is 14.6. The average molecular weight is 475 g/mol. The van der Waals surface area contributed by atoms with Crippen LogP contribution in [0.15, 0.2) is 35.3 Å². The summed E-state index contributed by atoms with van der Waals surface area (Å²) in [7, 11) is 2.07. The minimum atomic E-state index is -2.94. The molecule has 6 nitrogen and oxygen atoms in total. The largest absolute Gasteiger partial charge is 0.381 e. The summed E-state index contributed by atoms with van der Waals surface area (Å²) in [5, 5.41) is 6.14. The Kier molecular flexibility index (Phi) is 5.70. The first-order valence-electron chi connectivity index (χ1n) is 11.7. The Bertz CT molecular complexity index is 1170. The van der Waals surface area contributed by atoms with Gasteiger partial charge in [-0.1, -0.05) is 25.1 Å². The van der Waals surface area contributed by atoms with Crippen molar-refractivity contribution in [3.8, 4) is 0 Å². The molecule has 3 fully saturated rings. The van der Waals surface area contributed by atoms with Crippen molar-refractivity contribution < 1.29 is 18.0 Å². The van der Waals surface area contributed by atoms with Gasteiger partial charge in [-0.15, -0.1) is 0 Å². The number of hydrogen-bond donors (Lipinski definition) is 2. The first-order valence-corrected chi connectivity index (χ1v) is 11.7. The quantitative estimate of drug-likeness (QED) is 0.638. The van der Waals surface area contributed by atoms with Gasteiger partial charge in [-0.25, -0.2) is 13.2 Å². The van der Waals surface area contributed by atoms with Crippen LogP contribution in [0.1, 0.15) is 60.3 Å². The van der Waals surface area contributed by atoms with Crippen LogP contribution < -0.4 is 16.2 Å². The van der Waals surface area contributed by atoms with Crippen molar-refractivity contribution in [2.24, 2.45) is 17.8 Å². The number of aromatic nitrogens is 1. The molecular weight excluding hydrogens is 445 g/mol. The van der Waals surface area contributed by atoms with E-state index < -0.39 is 29.8 Å². The summed E-state index contributed by atoms with van der Waals surface area (Å²) in [6, 6.07) is 4.67. The summed E-state index contributed by atoms with van der Waals surface area (Å²) in [5.74, 6) is -0.179. The fourth-order valence-electron chi connectivity index (χ4n) is 5.35. The predicted molar refractivity (Wildman–Crippen MR) is 123 cm³/mol. The molecule has 1 amide bonds. The number of nitrogens with zero attached hydrogens (tertiary/aromatic N) is 2. The lowest BCUT2D eigenvalue weighted by molar-refractivity contribution is 0.0939. The third-order valence-electron chi connectivity index (χ3n) is 7.56. The van der Waals surface area contributed by atoms with Crippen LogP contribution in [0.4, 0.5) is 18.9 Å². The average Bonchev–Trinajstić information content (AvgIpc) is 3.60. The Hall–Kier alpha value is -2.81. The maximum Gasteiger partial charge on any atom is 0.266 e. The third kappa shape index (κ3) is 4.10. The number of halogens is 3. The molecule has 9 heteroatoms. The number of anilines is 1. The molecule has 2 aliphatic carbocycles. The zero-order valence-corrected chi connectivity index (χ0v) is 19.4. The summed E-state index contributed by atoms with van der Waals surface area (Å²) in [6.07, 6.45) is -0.494. The molecule has 0 spiro atoms. The highest BCUT2D eigenvalue weighted by Gasteiger charge is 2.55. The van der Waals surface area contributed by atoms with Gasteiger partial charge in [-0.3, -0.25) is 9.59 Å². The SMILES string of the molecule is C[C@@H](NC(=O)c1cn([C@H]2C[C@@H]2C)c(=O)cc1N[C@@H]1[C@@H]2CN(C)C[C@@H]21)c1cccc(C(F)F)c1F. The van der Waals surface area contributed by atoms with Gasteiger partial charge < -0.3 is 20.1 Å². The van der Waals surface area contributed by atoms with E-state index in [2.05, 4.69) is 22.6 Å². The number of benzene rings is 1. The van der Waals surface area contributed by atoms with E-state index in [0.717, 1.165) is 25.6 Å². The summed E-state index contributed by atoms with van der Waals surface area (Å²) in [6.45, 7) is 5.54. The molecule has 0 radical (unpaired) electrons. The zero-order chi connectivity index (χ0) is 24.3. The van der Waals surface area contributed by atoms with E-state index in [1.807, 2.05) is 6.92 Å². The monoisotopic (exact) mass is 474 g/mol. The molecule has 2 heterocycles. The molecule has 6 atom stereocenters. The number of pyridine rings is 1. The molecule has 182 valence electrons. The second-order valence-electron chi connectivity index (χ2n) is 10.1. The van der Waals surface area contributed by atoms with Crippen molar-refractivity contribution in [1.82, 2.24) is 14.8 Å². The molecule has 1 aromatic heterocycles. The fourth-order valence-corrected chi connectivity index (χ4v) is 5.35. The topological polar surface area (TPSA) is 66.4 Å². The smallest absolute Gasteiger partial charge is 0.266 e. The minimum Gasteiger partial charge on any atom is -0.381 e. The number of amides is 1. The number of likely N-dealkylation sites (tertiary alicyclic amines) is 1. The third-order valence-corrected chi connectivity index (χ3v) is 7.56. The Balaban J connectivity index is 1.41. The second kappa shape index (κ2) is 8.45. The van der Waals surface area contributed by atoms with Crippen LogP contribution in [0.5, 0.6) is 0 Å². The summed E-state index contributed by atoms with van der Waals surface area (Å²) in [5.41, 5.74) is -0.107. The van der Waals surface area contributed by atoms with Crippen LogP contribution in [0.2, 0.25) is 0 Å². The highest BCUT2D eigenvalue weighted by molar-refractivity contribution is 5.99. The standard InChI is InChI=1S/C25H29F3N4O2/c1-12-7-20(12)32-11-18(19(8-21(32)33)30-23-16-9-31(3)10-17(16)23)25(34)29-13(2)14-5-4-6-15(22(14)26)24(27)28/h4-6,8,11-13,16-17,20,23-24,30H,7,9-10H2,1-3H3,(H,29,34)/t12-,13+,16-,17+,20-,23-/m0/s1. The zero-order valence-electron chi connectivity index (χ0n) is 19.4. The molecule has 3 aliphatic rings. The summed E-state index contributed by atoms with van der Waals surface area (Å²) < 4.78 is 42.5. The second-order valence-corrected chi connectivity index (χ2v) is 10.1. The number of hydrogen-bond acceptors (Lipinski definition) is 4. The van der Waals surface area contributed by atoms with E-state index >= 15 is 0 Å². The van der Waals surface area contributed by atoms with E-state index in [4.69, 9.17) is 0 Å². The number of fused-ring (bicyclic) bond motifs is 1. The van der Waals surface area contributed by atoms with Crippen LogP contribution in [0, 0.1) is 23.6 Å². The number of rotatable bonds is 7. The Morgan fingerprint density at radius 1 is 1.18 bits per heavy atom. The lowest BCUT2D eigenvalue weighted by atomic mass is 10.0. The van der Waals surface area contributed by atoms with Crippen LogP contribution in [0.3, 0.4) is 0 Å². The molecule has 2 aromatic rings. The number of alkyl halides is 2. The highest BCUT2D eigenvalue weighted by Crippen LogP contribution is 2.47. The van der Waals surface area contributed by atoms with Gasteiger partial charge in [-0.05, 0) is 38.1 Å². The fraction of sp³-hybridized carbons (Fsp3) is 0.520. The first kappa shape index (κ1) is 23.0. The number of carbonyl (C=O) groups excluding carboxylic acids is 1. The van der Waals surface area contributed by atoms with Crippen molar-refractivity contribution in [1.29, 1.82) is 0 Å². The molecule has 1 aromatic carbocycles. The lowest BCUT2D eigenvalue weighted by Crippen LogP contribution is -2.32. The Labute approximate surface area is 196 Å². The molecule has 2 saturated carbocycles. The van der Waals surface area contributed by atoms with E-state index in [0.29, 0.717) is 29.0 Å².